The summed E-state index contributed by atoms with van der Waals surface area (Å²) in [5, 5.41) is 0.916. The number of halogens is 1. The fourth-order valence-electron chi connectivity index (χ4n) is 1.09. The van der Waals surface area contributed by atoms with E-state index in [4.69, 9.17) is 4.74 Å². The Bertz CT molecular complexity index is 336. The van der Waals surface area contributed by atoms with E-state index >= 15 is 0 Å². The summed E-state index contributed by atoms with van der Waals surface area (Å²) in [4.78, 5) is 11.1. The fourth-order valence-corrected chi connectivity index (χ4v) is 1.27. The highest BCUT2D eigenvalue weighted by molar-refractivity contribution is 9.09. The highest BCUT2D eigenvalue weighted by atomic mass is 79.9. The zero-order valence-electron chi connectivity index (χ0n) is 9.00. The number of hydrogen-bond acceptors (Lipinski definition) is 2. The van der Waals surface area contributed by atoms with Crippen LogP contribution in [-0.4, -0.2) is 17.7 Å². The van der Waals surface area contributed by atoms with Crippen LogP contribution in [0.25, 0.3) is 0 Å². The first-order valence-corrected chi connectivity index (χ1v) is 6.05. The smallest absolute Gasteiger partial charge is 0.159 e. The van der Waals surface area contributed by atoms with Crippen molar-refractivity contribution in [2.75, 3.05) is 11.9 Å². The van der Waals surface area contributed by atoms with Crippen molar-refractivity contribution in [2.45, 2.75) is 13.8 Å². The summed E-state index contributed by atoms with van der Waals surface area (Å²) in [6.45, 7) is 4.32. The van der Waals surface area contributed by atoms with Gasteiger partial charge in [0, 0.05) is 10.9 Å². The van der Waals surface area contributed by atoms with Gasteiger partial charge in [0.15, 0.2) is 5.78 Å². The van der Waals surface area contributed by atoms with Gasteiger partial charge in [-0.05, 0) is 25.0 Å². The summed E-state index contributed by atoms with van der Waals surface area (Å²) in [5.74, 6) is 1.29. The number of ether oxygens (including phenoxy) is 1. The Kier molecular flexibility index (Phi) is 4.82. The van der Waals surface area contributed by atoms with E-state index in [1.165, 1.54) is 0 Å². The predicted molar refractivity (Wildman–Crippen MR) is 64.9 cm³/mol. The van der Waals surface area contributed by atoms with E-state index in [1.807, 2.05) is 12.1 Å². The van der Waals surface area contributed by atoms with Crippen molar-refractivity contribution >= 4 is 21.7 Å². The van der Waals surface area contributed by atoms with Crippen molar-refractivity contribution in [1.82, 2.24) is 0 Å². The molecule has 0 amide bonds. The van der Waals surface area contributed by atoms with Gasteiger partial charge in [0.1, 0.15) is 5.75 Å². The first kappa shape index (κ1) is 12.2. The van der Waals surface area contributed by atoms with E-state index < -0.39 is 0 Å². The molecule has 0 saturated heterocycles. The Morgan fingerprint density at radius 3 is 2.87 bits per heavy atom. The number of Topliss-reactive ketones (excluding diaryl/α,β-unsaturated/α-hetero) is 1. The summed E-state index contributed by atoms with van der Waals surface area (Å²) >= 11 is 3.39. The summed E-state index contributed by atoms with van der Waals surface area (Å²) in [6.07, 6.45) is 0. The second-order valence-electron chi connectivity index (χ2n) is 3.65. The third-order valence-electron chi connectivity index (χ3n) is 2.04. The highest BCUT2D eigenvalue weighted by Crippen LogP contribution is 2.15. The molecule has 0 spiro atoms. The van der Waals surface area contributed by atoms with Crippen molar-refractivity contribution in [3.8, 4) is 5.75 Å². The number of rotatable bonds is 5. The molecular formula is C12H15BrO2. The molecule has 1 aromatic rings. The van der Waals surface area contributed by atoms with E-state index in [-0.39, 0.29) is 5.78 Å². The van der Waals surface area contributed by atoms with Crippen molar-refractivity contribution in [3.05, 3.63) is 29.8 Å². The Balaban J connectivity index is 2.62. The molecule has 0 radical (unpaired) electrons. The van der Waals surface area contributed by atoms with Crippen LogP contribution in [0.1, 0.15) is 24.2 Å². The van der Waals surface area contributed by atoms with Gasteiger partial charge >= 0.3 is 0 Å². The Morgan fingerprint density at radius 1 is 1.53 bits per heavy atom. The van der Waals surface area contributed by atoms with Crippen molar-refractivity contribution < 1.29 is 9.53 Å². The Morgan fingerprint density at radius 2 is 2.27 bits per heavy atom. The van der Waals surface area contributed by atoms with Gasteiger partial charge in [-0.3, -0.25) is 4.79 Å². The van der Waals surface area contributed by atoms with Gasteiger partial charge in [-0.1, -0.05) is 35.0 Å². The van der Waals surface area contributed by atoms with Gasteiger partial charge in [0.05, 0.1) is 6.61 Å². The van der Waals surface area contributed by atoms with Crippen LogP contribution in [0.2, 0.25) is 0 Å². The number of carbonyl (C=O) groups is 1. The number of carbonyl (C=O) groups excluding carboxylic acids is 1. The van der Waals surface area contributed by atoms with Crippen LogP contribution in [0.3, 0.4) is 0 Å². The number of ketones is 1. The minimum absolute atomic E-state index is 0.0639. The molecule has 0 aromatic heterocycles. The van der Waals surface area contributed by atoms with Gasteiger partial charge in [-0.2, -0.15) is 0 Å². The van der Waals surface area contributed by atoms with E-state index in [1.54, 1.807) is 19.1 Å². The monoisotopic (exact) mass is 270 g/mol. The van der Waals surface area contributed by atoms with Crippen LogP contribution in [0, 0.1) is 5.92 Å². The second-order valence-corrected chi connectivity index (χ2v) is 4.30. The maximum Gasteiger partial charge on any atom is 0.159 e. The molecular weight excluding hydrogens is 256 g/mol. The van der Waals surface area contributed by atoms with Crippen LogP contribution in [0.4, 0.5) is 0 Å². The quantitative estimate of drug-likeness (QED) is 0.606. The normalized spacial score (nSPS) is 12.2. The lowest BCUT2D eigenvalue weighted by molar-refractivity contribution is 0.101. The zero-order chi connectivity index (χ0) is 11.3. The van der Waals surface area contributed by atoms with E-state index in [0.717, 1.165) is 11.1 Å². The Labute approximate surface area is 98.8 Å². The molecule has 0 saturated carbocycles. The minimum atomic E-state index is 0.0639. The lowest BCUT2D eigenvalue weighted by Crippen LogP contribution is -2.09. The summed E-state index contributed by atoms with van der Waals surface area (Å²) in [6, 6.07) is 7.28. The molecule has 0 N–H and O–H groups in total. The van der Waals surface area contributed by atoms with E-state index in [2.05, 4.69) is 22.9 Å². The topological polar surface area (TPSA) is 26.3 Å². The van der Waals surface area contributed by atoms with Crippen LogP contribution >= 0.6 is 15.9 Å². The van der Waals surface area contributed by atoms with Gasteiger partial charge in [-0.25, -0.2) is 0 Å². The molecule has 1 aromatic carbocycles. The Hall–Kier alpha value is -0.830. The van der Waals surface area contributed by atoms with Gasteiger partial charge in [-0.15, -0.1) is 0 Å². The third-order valence-corrected chi connectivity index (χ3v) is 3.14. The van der Waals surface area contributed by atoms with E-state index in [0.29, 0.717) is 18.1 Å². The minimum Gasteiger partial charge on any atom is -0.493 e. The SMILES string of the molecule is CC(=O)c1cccc(OCC(C)CBr)c1. The predicted octanol–water partition coefficient (Wildman–Crippen LogP) is 3.30. The summed E-state index contributed by atoms with van der Waals surface area (Å²) < 4.78 is 5.57. The number of hydrogen-bond donors (Lipinski definition) is 0. The summed E-state index contributed by atoms with van der Waals surface area (Å²) in [5.41, 5.74) is 0.694. The van der Waals surface area contributed by atoms with E-state index in [9.17, 15) is 4.79 Å². The van der Waals surface area contributed by atoms with Crippen LogP contribution in [-0.2, 0) is 0 Å². The number of alkyl halides is 1. The molecule has 3 heteroatoms. The van der Waals surface area contributed by atoms with Crippen molar-refractivity contribution in [2.24, 2.45) is 5.92 Å². The molecule has 1 atom stereocenters. The third kappa shape index (κ3) is 4.04. The molecule has 82 valence electrons. The van der Waals surface area contributed by atoms with Gasteiger partial charge in [0.2, 0.25) is 0 Å². The lowest BCUT2D eigenvalue weighted by Gasteiger charge is -2.10. The molecule has 0 aliphatic heterocycles. The molecule has 0 bridgehead atoms. The second kappa shape index (κ2) is 5.91. The maximum absolute atomic E-state index is 11.1. The van der Waals surface area contributed by atoms with Crippen LogP contribution in [0.5, 0.6) is 5.75 Å². The van der Waals surface area contributed by atoms with Crippen molar-refractivity contribution in [3.63, 3.8) is 0 Å². The molecule has 1 unspecified atom stereocenters. The average Bonchev–Trinajstić information content (AvgIpc) is 2.26. The van der Waals surface area contributed by atoms with Crippen LogP contribution in [0.15, 0.2) is 24.3 Å². The molecule has 0 aliphatic carbocycles. The molecule has 0 aliphatic rings. The maximum atomic E-state index is 11.1. The summed E-state index contributed by atoms with van der Waals surface area (Å²) in [7, 11) is 0. The van der Waals surface area contributed by atoms with Gasteiger partial charge < -0.3 is 4.74 Å². The molecule has 15 heavy (non-hydrogen) atoms. The largest absolute Gasteiger partial charge is 0.493 e. The zero-order valence-corrected chi connectivity index (χ0v) is 10.6. The first-order chi connectivity index (χ1) is 7.13. The standard InChI is InChI=1S/C12H15BrO2/c1-9(7-13)8-15-12-5-3-4-11(6-12)10(2)14/h3-6,9H,7-8H2,1-2H3. The molecule has 2 nitrogen and oxygen atoms in total. The van der Waals surface area contributed by atoms with Crippen molar-refractivity contribution in [1.29, 1.82) is 0 Å². The van der Waals surface area contributed by atoms with Crippen LogP contribution < -0.4 is 4.74 Å². The average molecular weight is 271 g/mol. The lowest BCUT2D eigenvalue weighted by atomic mass is 10.1. The van der Waals surface area contributed by atoms with Gasteiger partial charge in [0.25, 0.3) is 0 Å². The first-order valence-electron chi connectivity index (χ1n) is 4.93. The molecule has 0 fully saturated rings. The fraction of sp³-hybridized carbons (Fsp3) is 0.417. The molecule has 0 heterocycles. The highest BCUT2D eigenvalue weighted by Gasteiger charge is 2.03. The molecule has 1 rings (SSSR count). The number of benzene rings is 1.